The van der Waals surface area contributed by atoms with Gasteiger partial charge in [-0.25, -0.2) is 0 Å². The third-order valence-electron chi connectivity index (χ3n) is 5.16. The van der Waals surface area contributed by atoms with E-state index in [1.54, 1.807) is 0 Å². The molecule has 1 saturated carbocycles. The van der Waals surface area contributed by atoms with Crippen LogP contribution in [-0.4, -0.2) is 10.7 Å². The van der Waals surface area contributed by atoms with E-state index in [1.807, 2.05) is 60.7 Å². The van der Waals surface area contributed by atoms with Gasteiger partial charge in [0.15, 0.2) is 0 Å². The van der Waals surface area contributed by atoms with Crippen molar-refractivity contribution in [3.63, 3.8) is 0 Å². The van der Waals surface area contributed by atoms with Gasteiger partial charge >= 0.3 is 0 Å². The van der Waals surface area contributed by atoms with Crippen molar-refractivity contribution in [3.05, 3.63) is 83.4 Å². The second-order valence-corrected chi connectivity index (χ2v) is 7.43. The minimum Gasteiger partial charge on any atom is -0.378 e. The summed E-state index contributed by atoms with van der Waals surface area (Å²) in [4.78, 5) is 0. The number of benzene rings is 2. The normalized spacial score (nSPS) is 26.6. The number of hydrogen-bond donors (Lipinski definition) is 1. The van der Waals surface area contributed by atoms with Gasteiger partial charge in [-0.05, 0) is 67.4 Å². The molecule has 0 aliphatic heterocycles. The highest BCUT2D eigenvalue weighted by Gasteiger charge is 2.39. The van der Waals surface area contributed by atoms with Gasteiger partial charge in [0.05, 0.1) is 0 Å². The fraction of sp³-hybridized carbons (Fsp3) is 0.280. The molecule has 1 heteroatoms. The molecular formula is C25H22O. The lowest BCUT2D eigenvalue weighted by Crippen LogP contribution is -2.39. The van der Waals surface area contributed by atoms with Crippen molar-refractivity contribution in [3.8, 4) is 23.7 Å². The van der Waals surface area contributed by atoms with Gasteiger partial charge in [0.1, 0.15) is 5.60 Å². The van der Waals surface area contributed by atoms with Crippen LogP contribution in [0.3, 0.4) is 0 Å². The molecule has 2 bridgehead atoms. The molecular weight excluding hydrogens is 316 g/mol. The molecule has 0 amide bonds. The van der Waals surface area contributed by atoms with E-state index in [-0.39, 0.29) is 0 Å². The summed E-state index contributed by atoms with van der Waals surface area (Å²) in [5.74, 6) is 13.8. The van der Waals surface area contributed by atoms with Crippen molar-refractivity contribution in [2.45, 2.75) is 31.3 Å². The number of hydrogen-bond acceptors (Lipinski definition) is 1. The molecule has 0 spiro atoms. The predicted octanol–water partition coefficient (Wildman–Crippen LogP) is 4.57. The smallest absolute Gasteiger partial charge is 0.126 e. The van der Waals surface area contributed by atoms with Crippen LogP contribution < -0.4 is 0 Å². The van der Waals surface area contributed by atoms with Gasteiger partial charge in [-0.1, -0.05) is 66.2 Å². The van der Waals surface area contributed by atoms with Gasteiger partial charge in [0, 0.05) is 11.1 Å². The van der Waals surface area contributed by atoms with Crippen LogP contribution in [0, 0.1) is 35.5 Å². The van der Waals surface area contributed by atoms with E-state index in [0.29, 0.717) is 18.3 Å². The summed E-state index contributed by atoms with van der Waals surface area (Å²) in [6.45, 7) is 0. The first-order valence-corrected chi connectivity index (χ1v) is 9.27. The summed E-state index contributed by atoms with van der Waals surface area (Å²) in [5, 5.41) is 11.0. The Hall–Kier alpha value is -2.74. The van der Waals surface area contributed by atoms with E-state index in [1.165, 1.54) is 5.57 Å². The van der Waals surface area contributed by atoms with Crippen molar-refractivity contribution in [1.29, 1.82) is 0 Å². The predicted molar refractivity (Wildman–Crippen MR) is 105 cm³/mol. The van der Waals surface area contributed by atoms with E-state index in [0.717, 1.165) is 30.4 Å². The zero-order valence-electron chi connectivity index (χ0n) is 14.8. The summed E-state index contributed by atoms with van der Waals surface area (Å²) in [7, 11) is 0. The molecule has 0 radical (unpaired) electrons. The van der Waals surface area contributed by atoms with Crippen LogP contribution in [0.2, 0.25) is 0 Å². The lowest BCUT2D eigenvalue weighted by atomic mass is 9.67. The molecule has 0 heterocycles. The fourth-order valence-electron chi connectivity index (χ4n) is 4.11. The average molecular weight is 338 g/mol. The fourth-order valence-corrected chi connectivity index (χ4v) is 4.11. The molecule has 2 aliphatic rings. The second kappa shape index (κ2) is 7.25. The van der Waals surface area contributed by atoms with Crippen molar-refractivity contribution in [2.24, 2.45) is 11.8 Å². The monoisotopic (exact) mass is 338 g/mol. The second-order valence-electron chi connectivity index (χ2n) is 7.43. The molecule has 1 nitrogen and oxygen atoms in total. The average Bonchev–Trinajstić information content (AvgIpc) is 2.66. The van der Waals surface area contributed by atoms with Crippen molar-refractivity contribution < 1.29 is 5.11 Å². The first-order chi connectivity index (χ1) is 12.7. The number of aliphatic hydroxyl groups is 1. The summed E-state index contributed by atoms with van der Waals surface area (Å²) in [6.07, 6.45) is 5.81. The first-order valence-electron chi connectivity index (χ1n) is 9.27. The number of allylic oxidation sites excluding steroid dienone is 2. The Balaban J connectivity index is 1.50. The van der Waals surface area contributed by atoms with Crippen molar-refractivity contribution >= 4 is 0 Å². The van der Waals surface area contributed by atoms with E-state index in [2.05, 4.69) is 29.8 Å². The maximum absolute atomic E-state index is 11.0. The van der Waals surface area contributed by atoms with Crippen LogP contribution in [0.1, 0.15) is 36.8 Å². The molecule has 3 atom stereocenters. The molecule has 0 saturated heterocycles. The van der Waals surface area contributed by atoms with Gasteiger partial charge < -0.3 is 5.11 Å². The SMILES string of the molecule is O[C@]1(C#Cc2ccccc2)C[C@H]2C=C(C#Cc3ccccc3)C[C@H](C2)C1. The summed E-state index contributed by atoms with van der Waals surface area (Å²) in [6, 6.07) is 20.0. The Labute approximate surface area is 155 Å². The summed E-state index contributed by atoms with van der Waals surface area (Å²) in [5.41, 5.74) is 2.35. The Morgan fingerprint density at radius 3 is 2.12 bits per heavy atom. The molecule has 2 aromatic rings. The van der Waals surface area contributed by atoms with Crippen LogP contribution >= 0.6 is 0 Å². The molecule has 2 aromatic carbocycles. The highest BCUT2D eigenvalue weighted by molar-refractivity contribution is 5.42. The van der Waals surface area contributed by atoms with E-state index in [4.69, 9.17) is 0 Å². The Kier molecular flexibility index (Phi) is 4.66. The Bertz CT molecular complexity index is 918. The van der Waals surface area contributed by atoms with E-state index < -0.39 is 5.60 Å². The largest absolute Gasteiger partial charge is 0.378 e. The van der Waals surface area contributed by atoms with Crippen LogP contribution in [-0.2, 0) is 0 Å². The molecule has 128 valence electrons. The molecule has 4 rings (SSSR count). The van der Waals surface area contributed by atoms with Crippen LogP contribution in [0.5, 0.6) is 0 Å². The van der Waals surface area contributed by atoms with Crippen molar-refractivity contribution in [2.75, 3.05) is 0 Å². The third kappa shape index (κ3) is 4.08. The topological polar surface area (TPSA) is 20.2 Å². The Morgan fingerprint density at radius 2 is 1.46 bits per heavy atom. The maximum Gasteiger partial charge on any atom is 0.126 e. The minimum absolute atomic E-state index is 0.373. The van der Waals surface area contributed by atoms with Crippen molar-refractivity contribution in [1.82, 2.24) is 0 Å². The Morgan fingerprint density at radius 1 is 0.808 bits per heavy atom. The van der Waals surface area contributed by atoms with Crippen LogP contribution in [0.25, 0.3) is 0 Å². The van der Waals surface area contributed by atoms with Gasteiger partial charge in [0.2, 0.25) is 0 Å². The van der Waals surface area contributed by atoms with E-state index in [9.17, 15) is 5.11 Å². The van der Waals surface area contributed by atoms with Crippen LogP contribution in [0.4, 0.5) is 0 Å². The maximum atomic E-state index is 11.0. The highest BCUT2D eigenvalue weighted by Crippen LogP contribution is 2.43. The minimum atomic E-state index is -0.877. The van der Waals surface area contributed by atoms with Gasteiger partial charge in [-0.2, -0.15) is 0 Å². The number of fused-ring (bicyclic) bond motifs is 2. The molecule has 26 heavy (non-hydrogen) atoms. The molecule has 2 aliphatic carbocycles. The highest BCUT2D eigenvalue weighted by atomic mass is 16.3. The van der Waals surface area contributed by atoms with Gasteiger partial charge in [0.25, 0.3) is 0 Å². The van der Waals surface area contributed by atoms with E-state index >= 15 is 0 Å². The first kappa shape index (κ1) is 16.7. The van der Waals surface area contributed by atoms with Crippen LogP contribution in [0.15, 0.2) is 72.3 Å². The molecule has 0 unspecified atom stereocenters. The lowest BCUT2D eigenvalue weighted by Gasteiger charge is -2.40. The third-order valence-corrected chi connectivity index (χ3v) is 5.16. The van der Waals surface area contributed by atoms with Gasteiger partial charge in [-0.15, -0.1) is 0 Å². The van der Waals surface area contributed by atoms with Gasteiger partial charge in [-0.3, -0.25) is 0 Å². The zero-order valence-corrected chi connectivity index (χ0v) is 14.8. The molecule has 1 N–H and O–H groups in total. The quantitative estimate of drug-likeness (QED) is 0.698. The molecule has 0 aromatic heterocycles. The lowest BCUT2D eigenvalue weighted by molar-refractivity contribution is 0.0178. The zero-order chi connectivity index (χ0) is 17.8. The molecule has 1 fully saturated rings. The summed E-state index contributed by atoms with van der Waals surface area (Å²) < 4.78 is 0. The standard InChI is InChI=1S/C25H22O/c26-25(14-13-21-9-5-2-6-10-21)18-23-15-22(16-24(17-23)19-25)12-11-20-7-3-1-4-8-20/h1-10,15,23-24,26H,16-19H2/t23-,24+,25+/m0/s1. The summed E-state index contributed by atoms with van der Waals surface area (Å²) >= 11 is 0. The number of rotatable bonds is 0.